The highest BCUT2D eigenvalue weighted by molar-refractivity contribution is 5.97. The van der Waals surface area contributed by atoms with Crippen LogP contribution in [0.15, 0.2) is 42.5 Å². The number of rotatable bonds is 6. The number of alkyl halides is 1. The summed E-state index contributed by atoms with van der Waals surface area (Å²) in [5.41, 5.74) is 4.47. The lowest BCUT2D eigenvalue weighted by molar-refractivity contribution is -0.117. The maximum Gasteiger partial charge on any atom is 0.231 e. The molecule has 3 unspecified atom stereocenters. The van der Waals surface area contributed by atoms with E-state index in [0.717, 1.165) is 29.4 Å². The first-order chi connectivity index (χ1) is 15.9. The molecule has 0 aromatic carbocycles. The van der Waals surface area contributed by atoms with E-state index in [-0.39, 0.29) is 12.3 Å². The number of carbonyl (C=O) groups is 1. The van der Waals surface area contributed by atoms with Gasteiger partial charge in [0.1, 0.15) is 24.0 Å². The molecule has 1 saturated carbocycles. The Labute approximate surface area is 191 Å². The Balaban J connectivity index is 1.57. The van der Waals surface area contributed by atoms with Crippen molar-refractivity contribution in [2.24, 2.45) is 13.0 Å². The van der Waals surface area contributed by atoms with E-state index in [4.69, 9.17) is 4.98 Å². The van der Waals surface area contributed by atoms with Crippen molar-refractivity contribution in [3.05, 3.63) is 48.1 Å². The average molecular weight is 448 g/mol. The number of fused-ring (bicyclic) bond motifs is 1. The van der Waals surface area contributed by atoms with Crippen molar-refractivity contribution in [1.29, 1.82) is 0 Å². The number of amides is 1. The van der Waals surface area contributed by atoms with E-state index in [1.54, 1.807) is 18.6 Å². The van der Waals surface area contributed by atoms with Crippen LogP contribution in [0.2, 0.25) is 0 Å². The fourth-order valence-electron chi connectivity index (χ4n) is 4.18. The van der Waals surface area contributed by atoms with Crippen molar-refractivity contribution in [2.45, 2.75) is 45.3 Å². The van der Waals surface area contributed by atoms with Gasteiger partial charge in [-0.25, -0.2) is 14.4 Å². The average Bonchev–Trinajstić information content (AvgIpc) is 3.38. The summed E-state index contributed by atoms with van der Waals surface area (Å²) in [4.78, 5) is 21.4. The second-order valence-electron chi connectivity index (χ2n) is 8.73. The van der Waals surface area contributed by atoms with Gasteiger partial charge in [0.2, 0.25) is 5.91 Å². The minimum absolute atomic E-state index is 0.270. The first-order valence-electron chi connectivity index (χ1n) is 11.2. The molecule has 0 radical (unpaired) electrons. The topological polar surface area (TPSA) is 97.6 Å². The van der Waals surface area contributed by atoms with Crippen LogP contribution in [0.5, 0.6) is 0 Å². The molecule has 1 aliphatic carbocycles. The molecule has 1 amide bonds. The molecule has 3 atom stereocenters. The number of pyridine rings is 2. The SMILES string of the molecule is CCCC1C=C(C)C(c2cc3cnc(NC(=O)C4CC4F)cc3nc2-c2nncn2C)=CN1. The van der Waals surface area contributed by atoms with Crippen LogP contribution in [0, 0.1) is 5.92 Å². The monoisotopic (exact) mass is 447 g/mol. The van der Waals surface area contributed by atoms with Gasteiger partial charge in [-0.2, -0.15) is 0 Å². The summed E-state index contributed by atoms with van der Waals surface area (Å²) in [6.45, 7) is 4.28. The summed E-state index contributed by atoms with van der Waals surface area (Å²) >= 11 is 0. The zero-order valence-electron chi connectivity index (χ0n) is 18.8. The van der Waals surface area contributed by atoms with Gasteiger partial charge in [0.15, 0.2) is 5.82 Å². The van der Waals surface area contributed by atoms with Crippen molar-refractivity contribution in [3.63, 3.8) is 0 Å². The summed E-state index contributed by atoms with van der Waals surface area (Å²) in [5.74, 6) is 0.0640. The number of hydrogen-bond donors (Lipinski definition) is 2. The Morgan fingerprint density at radius 3 is 2.85 bits per heavy atom. The normalized spacial score (nSPS) is 21.9. The lowest BCUT2D eigenvalue weighted by Gasteiger charge is -2.23. The predicted octanol–water partition coefficient (Wildman–Crippen LogP) is 3.78. The molecule has 0 bridgehead atoms. The number of nitrogens with one attached hydrogen (secondary N) is 2. The fraction of sp³-hybridized carbons (Fsp3) is 0.375. The molecule has 33 heavy (non-hydrogen) atoms. The lowest BCUT2D eigenvalue weighted by atomic mass is 9.92. The molecule has 0 spiro atoms. The summed E-state index contributed by atoms with van der Waals surface area (Å²) in [6, 6.07) is 4.06. The highest BCUT2D eigenvalue weighted by atomic mass is 19.1. The van der Waals surface area contributed by atoms with Gasteiger partial charge in [-0.05, 0) is 31.4 Å². The fourth-order valence-corrected chi connectivity index (χ4v) is 4.18. The Morgan fingerprint density at radius 1 is 1.36 bits per heavy atom. The molecule has 9 heteroatoms. The van der Waals surface area contributed by atoms with Gasteiger partial charge in [0.05, 0.1) is 11.4 Å². The number of nitrogens with zero attached hydrogens (tertiary/aromatic N) is 5. The van der Waals surface area contributed by atoms with Crippen LogP contribution in [-0.2, 0) is 11.8 Å². The van der Waals surface area contributed by atoms with Gasteiger partial charge >= 0.3 is 0 Å². The third-order valence-electron chi connectivity index (χ3n) is 6.13. The number of allylic oxidation sites excluding steroid dienone is 2. The van der Waals surface area contributed by atoms with Crippen molar-refractivity contribution in [2.75, 3.05) is 5.32 Å². The smallest absolute Gasteiger partial charge is 0.231 e. The molecule has 170 valence electrons. The maximum atomic E-state index is 13.2. The molecule has 8 nitrogen and oxygen atoms in total. The van der Waals surface area contributed by atoms with Gasteiger partial charge in [0.25, 0.3) is 0 Å². The van der Waals surface area contributed by atoms with E-state index in [1.165, 1.54) is 5.57 Å². The summed E-state index contributed by atoms with van der Waals surface area (Å²) < 4.78 is 15.1. The van der Waals surface area contributed by atoms with Gasteiger partial charge in [-0.1, -0.05) is 19.4 Å². The van der Waals surface area contributed by atoms with Crippen molar-refractivity contribution < 1.29 is 9.18 Å². The molecule has 3 aromatic heterocycles. The van der Waals surface area contributed by atoms with E-state index in [0.29, 0.717) is 28.9 Å². The van der Waals surface area contributed by atoms with Gasteiger partial charge < -0.3 is 15.2 Å². The van der Waals surface area contributed by atoms with E-state index in [2.05, 4.69) is 45.7 Å². The van der Waals surface area contributed by atoms with Crippen LogP contribution in [-0.4, -0.2) is 42.9 Å². The second kappa shape index (κ2) is 8.38. The predicted molar refractivity (Wildman–Crippen MR) is 125 cm³/mol. The minimum Gasteiger partial charge on any atom is -0.384 e. The Hall–Kier alpha value is -3.62. The van der Waals surface area contributed by atoms with E-state index in [9.17, 15) is 9.18 Å². The second-order valence-corrected chi connectivity index (χ2v) is 8.73. The number of halogens is 1. The molecule has 0 saturated heterocycles. The van der Waals surface area contributed by atoms with Crippen LogP contribution in [0.4, 0.5) is 10.2 Å². The largest absolute Gasteiger partial charge is 0.384 e. The number of aromatic nitrogens is 5. The first-order valence-corrected chi connectivity index (χ1v) is 11.2. The third kappa shape index (κ3) is 4.10. The molecule has 1 fully saturated rings. The summed E-state index contributed by atoms with van der Waals surface area (Å²) in [7, 11) is 1.87. The first kappa shape index (κ1) is 21.2. The number of aryl methyl sites for hydroxylation is 1. The zero-order valence-corrected chi connectivity index (χ0v) is 18.8. The summed E-state index contributed by atoms with van der Waals surface area (Å²) in [5, 5.41) is 15.3. The van der Waals surface area contributed by atoms with Crippen LogP contribution >= 0.6 is 0 Å². The standard InChI is InChI=1S/C24H26FN7O/c1-4-5-15-6-13(2)18(11-26-15)16-7-14-10-27-21(30-24(33)17-8-19(17)25)9-20(14)29-22(16)23-31-28-12-32(23)3/h6-7,9-12,15,17,19,26H,4-5,8H2,1-3H3,(H,27,30,33). The van der Waals surface area contributed by atoms with Crippen molar-refractivity contribution in [3.8, 4) is 11.5 Å². The zero-order chi connectivity index (χ0) is 23.1. The number of dihydropyridines is 1. The number of anilines is 1. The van der Waals surface area contributed by atoms with Crippen LogP contribution in [0.3, 0.4) is 0 Å². The highest BCUT2D eigenvalue weighted by Gasteiger charge is 2.43. The van der Waals surface area contributed by atoms with Gasteiger partial charge in [-0.3, -0.25) is 4.79 Å². The number of hydrogen-bond acceptors (Lipinski definition) is 6. The van der Waals surface area contributed by atoms with Crippen molar-refractivity contribution >= 4 is 28.2 Å². The molecular weight excluding hydrogens is 421 g/mol. The quantitative estimate of drug-likeness (QED) is 0.597. The molecule has 5 rings (SSSR count). The van der Waals surface area contributed by atoms with Gasteiger partial charge in [-0.15, -0.1) is 10.2 Å². The van der Waals surface area contributed by atoms with Crippen molar-refractivity contribution in [1.82, 2.24) is 30.0 Å². The molecule has 4 heterocycles. The highest BCUT2D eigenvalue weighted by Crippen LogP contribution is 2.36. The van der Waals surface area contributed by atoms with E-state index in [1.807, 2.05) is 23.9 Å². The van der Waals surface area contributed by atoms with Gasteiger partial charge in [0, 0.05) is 48.1 Å². The van der Waals surface area contributed by atoms with E-state index < -0.39 is 12.1 Å². The molecule has 2 N–H and O–H groups in total. The Bertz CT molecular complexity index is 1300. The third-order valence-corrected chi connectivity index (χ3v) is 6.13. The van der Waals surface area contributed by atoms with Crippen LogP contribution < -0.4 is 10.6 Å². The molecular formula is C24H26FN7O. The number of carbonyl (C=O) groups excluding carboxylic acids is 1. The minimum atomic E-state index is -1.06. The molecule has 2 aliphatic rings. The van der Waals surface area contributed by atoms with Crippen LogP contribution in [0.25, 0.3) is 28.0 Å². The Morgan fingerprint density at radius 2 is 2.18 bits per heavy atom. The van der Waals surface area contributed by atoms with Crippen LogP contribution in [0.1, 0.15) is 38.7 Å². The molecule has 3 aromatic rings. The maximum absolute atomic E-state index is 13.2. The van der Waals surface area contributed by atoms with E-state index >= 15 is 0 Å². The summed E-state index contributed by atoms with van der Waals surface area (Å²) in [6.07, 6.45) is 8.99. The Kier molecular flexibility index (Phi) is 5.39. The molecule has 1 aliphatic heterocycles. The lowest BCUT2D eigenvalue weighted by Crippen LogP contribution is -2.25.